The van der Waals surface area contributed by atoms with E-state index in [0.29, 0.717) is 11.5 Å². The van der Waals surface area contributed by atoms with Crippen molar-refractivity contribution in [3.8, 4) is 22.6 Å². The van der Waals surface area contributed by atoms with E-state index in [-0.39, 0.29) is 17.8 Å². The number of aromatic nitrogens is 4. The zero-order valence-electron chi connectivity index (χ0n) is 16.1. The first kappa shape index (κ1) is 17.5. The number of hydrogen-bond acceptors (Lipinski definition) is 6. The molecule has 0 bridgehead atoms. The van der Waals surface area contributed by atoms with E-state index in [2.05, 4.69) is 25.3 Å². The van der Waals surface area contributed by atoms with Crippen LogP contribution >= 0.6 is 0 Å². The molecule has 29 heavy (non-hydrogen) atoms. The smallest absolute Gasteiger partial charge is 0.230 e. The molecule has 3 heterocycles. The summed E-state index contributed by atoms with van der Waals surface area (Å²) in [7, 11) is 0. The molecule has 4 aromatic rings. The quantitative estimate of drug-likeness (QED) is 0.562. The van der Waals surface area contributed by atoms with Crippen molar-refractivity contribution < 1.29 is 9.21 Å². The monoisotopic (exact) mass is 385 g/mol. The van der Waals surface area contributed by atoms with Crippen molar-refractivity contribution >= 4 is 22.8 Å². The van der Waals surface area contributed by atoms with Crippen molar-refractivity contribution in [3.05, 3.63) is 54.3 Å². The molecule has 1 aliphatic carbocycles. The van der Waals surface area contributed by atoms with Crippen molar-refractivity contribution in [2.75, 3.05) is 5.32 Å². The van der Waals surface area contributed by atoms with E-state index < -0.39 is 0 Å². The maximum Gasteiger partial charge on any atom is 0.230 e. The first-order chi connectivity index (χ1) is 14.1. The van der Waals surface area contributed by atoms with Gasteiger partial charge in [0.15, 0.2) is 5.76 Å². The van der Waals surface area contributed by atoms with Crippen molar-refractivity contribution in [2.45, 2.75) is 26.7 Å². The number of nitrogens with one attached hydrogen (secondary N) is 1. The standard InChI is InChI=1S/C22H19N5O2/c1-12-3-8-19(29-12)20-17(10-23-22(26-20)27-21(28)14-4-5-14)15-6-7-18-16(9-15)13(2)24-11-25-18/h3,6-11,14H,4-5H2,1-2H3,(H,23,26,27,28). The van der Waals surface area contributed by atoms with Gasteiger partial charge in [0, 0.05) is 28.8 Å². The van der Waals surface area contributed by atoms with Crippen molar-refractivity contribution in [1.29, 1.82) is 0 Å². The van der Waals surface area contributed by atoms with Crippen LogP contribution in [-0.4, -0.2) is 25.8 Å². The van der Waals surface area contributed by atoms with Gasteiger partial charge in [0.2, 0.25) is 11.9 Å². The molecule has 0 radical (unpaired) electrons. The summed E-state index contributed by atoms with van der Waals surface area (Å²) in [5.74, 6) is 1.75. The fraction of sp³-hybridized carbons (Fsp3) is 0.227. The van der Waals surface area contributed by atoms with E-state index in [1.54, 1.807) is 12.5 Å². The van der Waals surface area contributed by atoms with Crippen molar-refractivity contribution in [3.63, 3.8) is 0 Å². The minimum atomic E-state index is -0.0298. The lowest BCUT2D eigenvalue weighted by atomic mass is 10.0. The highest BCUT2D eigenvalue weighted by Crippen LogP contribution is 2.34. The average Bonchev–Trinajstić information content (AvgIpc) is 3.49. The van der Waals surface area contributed by atoms with E-state index in [1.165, 1.54) is 0 Å². The Hall–Kier alpha value is -3.61. The van der Waals surface area contributed by atoms with Gasteiger partial charge in [-0.05, 0) is 56.5 Å². The zero-order chi connectivity index (χ0) is 20.0. The number of amides is 1. The van der Waals surface area contributed by atoms with Gasteiger partial charge in [-0.25, -0.2) is 19.9 Å². The minimum Gasteiger partial charge on any atom is -0.460 e. The van der Waals surface area contributed by atoms with Crippen LogP contribution in [0.3, 0.4) is 0 Å². The number of carbonyl (C=O) groups excluding carboxylic acids is 1. The van der Waals surface area contributed by atoms with Crippen LogP contribution in [0.5, 0.6) is 0 Å². The fourth-order valence-corrected chi connectivity index (χ4v) is 3.31. The lowest BCUT2D eigenvalue weighted by Crippen LogP contribution is -2.15. The SMILES string of the molecule is Cc1ccc(-c2nc(NC(=O)C3CC3)ncc2-c2ccc3ncnc(C)c3c2)o1. The molecular weight excluding hydrogens is 366 g/mol. The Balaban J connectivity index is 1.63. The highest BCUT2D eigenvalue weighted by molar-refractivity contribution is 5.93. The van der Waals surface area contributed by atoms with Crippen LogP contribution in [0.4, 0.5) is 5.95 Å². The van der Waals surface area contributed by atoms with Gasteiger partial charge in [-0.1, -0.05) is 6.07 Å². The number of hydrogen-bond donors (Lipinski definition) is 1. The van der Waals surface area contributed by atoms with Crippen LogP contribution in [0.15, 0.2) is 47.3 Å². The summed E-state index contributed by atoms with van der Waals surface area (Å²) < 4.78 is 5.84. The summed E-state index contributed by atoms with van der Waals surface area (Å²) in [6.07, 6.45) is 5.14. The second-order valence-corrected chi connectivity index (χ2v) is 7.32. The Morgan fingerprint density at radius 2 is 1.97 bits per heavy atom. The number of rotatable bonds is 4. The molecule has 0 spiro atoms. The normalized spacial score (nSPS) is 13.6. The van der Waals surface area contributed by atoms with E-state index in [1.807, 2.05) is 44.2 Å². The molecule has 0 aliphatic heterocycles. The average molecular weight is 385 g/mol. The summed E-state index contributed by atoms with van der Waals surface area (Å²) in [5.41, 5.74) is 4.16. The van der Waals surface area contributed by atoms with Crippen LogP contribution in [0.2, 0.25) is 0 Å². The topological polar surface area (TPSA) is 93.8 Å². The highest BCUT2D eigenvalue weighted by Gasteiger charge is 2.30. The molecule has 3 aromatic heterocycles. The number of aryl methyl sites for hydroxylation is 2. The Labute approximate surface area is 167 Å². The Morgan fingerprint density at radius 1 is 1.10 bits per heavy atom. The number of carbonyl (C=O) groups is 1. The van der Waals surface area contributed by atoms with E-state index in [0.717, 1.165) is 46.3 Å². The Kier molecular flexibility index (Phi) is 4.08. The minimum absolute atomic E-state index is 0.0298. The molecule has 1 N–H and O–H groups in total. The summed E-state index contributed by atoms with van der Waals surface area (Å²) in [6, 6.07) is 9.74. The van der Waals surface area contributed by atoms with Gasteiger partial charge >= 0.3 is 0 Å². The predicted molar refractivity (Wildman–Crippen MR) is 109 cm³/mol. The summed E-state index contributed by atoms with van der Waals surface area (Å²) in [4.78, 5) is 29.7. The number of benzene rings is 1. The van der Waals surface area contributed by atoms with Crippen LogP contribution in [0, 0.1) is 19.8 Å². The molecule has 1 aromatic carbocycles. The molecule has 5 rings (SSSR count). The second kappa shape index (κ2) is 6.77. The van der Waals surface area contributed by atoms with Gasteiger partial charge in [0.1, 0.15) is 17.8 Å². The van der Waals surface area contributed by atoms with Crippen LogP contribution < -0.4 is 5.32 Å². The van der Waals surface area contributed by atoms with Crippen LogP contribution in [0.1, 0.15) is 24.3 Å². The number of fused-ring (bicyclic) bond motifs is 1. The summed E-state index contributed by atoms with van der Waals surface area (Å²) in [5, 5.41) is 3.79. The fourth-order valence-electron chi connectivity index (χ4n) is 3.31. The third-order valence-corrected chi connectivity index (χ3v) is 5.09. The van der Waals surface area contributed by atoms with Gasteiger partial charge in [-0.3, -0.25) is 10.1 Å². The largest absolute Gasteiger partial charge is 0.460 e. The van der Waals surface area contributed by atoms with Gasteiger partial charge in [0.25, 0.3) is 0 Å². The zero-order valence-corrected chi connectivity index (χ0v) is 16.1. The number of anilines is 1. The molecule has 1 aliphatic rings. The number of nitrogens with zero attached hydrogens (tertiary/aromatic N) is 4. The third kappa shape index (κ3) is 3.35. The molecule has 144 valence electrons. The lowest BCUT2D eigenvalue weighted by Gasteiger charge is -2.11. The number of furan rings is 1. The molecule has 0 atom stereocenters. The van der Waals surface area contributed by atoms with Gasteiger partial charge in [-0.2, -0.15) is 0 Å². The molecule has 1 amide bonds. The first-order valence-corrected chi connectivity index (χ1v) is 9.55. The van der Waals surface area contributed by atoms with Gasteiger partial charge in [0.05, 0.1) is 5.52 Å². The van der Waals surface area contributed by atoms with Crippen molar-refractivity contribution in [1.82, 2.24) is 19.9 Å². The van der Waals surface area contributed by atoms with Crippen molar-refractivity contribution in [2.24, 2.45) is 5.92 Å². The molecule has 0 unspecified atom stereocenters. The molecule has 1 fully saturated rings. The predicted octanol–water partition coefficient (Wildman–Crippen LogP) is 4.31. The maximum atomic E-state index is 12.1. The lowest BCUT2D eigenvalue weighted by molar-refractivity contribution is -0.117. The highest BCUT2D eigenvalue weighted by atomic mass is 16.3. The molecule has 1 saturated carbocycles. The third-order valence-electron chi connectivity index (χ3n) is 5.09. The molecular formula is C22H19N5O2. The molecule has 0 saturated heterocycles. The van der Waals surface area contributed by atoms with E-state index in [9.17, 15) is 4.79 Å². The van der Waals surface area contributed by atoms with E-state index >= 15 is 0 Å². The first-order valence-electron chi connectivity index (χ1n) is 9.55. The molecule has 7 heteroatoms. The maximum absolute atomic E-state index is 12.1. The van der Waals surface area contributed by atoms with Crippen LogP contribution in [0.25, 0.3) is 33.5 Å². The van der Waals surface area contributed by atoms with Gasteiger partial charge < -0.3 is 4.42 Å². The summed E-state index contributed by atoms with van der Waals surface area (Å²) >= 11 is 0. The Morgan fingerprint density at radius 3 is 2.72 bits per heavy atom. The van der Waals surface area contributed by atoms with Gasteiger partial charge in [-0.15, -0.1) is 0 Å². The second-order valence-electron chi connectivity index (χ2n) is 7.32. The van der Waals surface area contributed by atoms with Crippen LogP contribution in [-0.2, 0) is 4.79 Å². The van der Waals surface area contributed by atoms with E-state index in [4.69, 9.17) is 4.42 Å². The molecule has 7 nitrogen and oxygen atoms in total. The Bertz CT molecular complexity index is 1240. The summed E-state index contributed by atoms with van der Waals surface area (Å²) in [6.45, 7) is 3.84.